The van der Waals surface area contributed by atoms with Crippen LogP contribution in [-0.2, 0) is 29.9 Å². The Bertz CT molecular complexity index is 1370. The largest absolute Gasteiger partial charge is 0.450 e. The molecule has 190 valence electrons. The molecule has 8 heteroatoms. The molecule has 1 aromatic heterocycles. The van der Waals surface area contributed by atoms with Crippen molar-refractivity contribution in [3.63, 3.8) is 0 Å². The van der Waals surface area contributed by atoms with Crippen molar-refractivity contribution in [2.45, 2.75) is 74.8 Å². The fourth-order valence-electron chi connectivity index (χ4n) is 5.73. The highest BCUT2D eigenvalue weighted by molar-refractivity contribution is 7.90. The maximum absolute atomic E-state index is 13.7. The van der Waals surface area contributed by atoms with E-state index in [1.807, 2.05) is 44.2 Å². The molecule has 1 aliphatic heterocycles. The molecule has 2 aromatic carbocycles. The van der Waals surface area contributed by atoms with Crippen molar-refractivity contribution in [3.05, 3.63) is 59.7 Å². The summed E-state index contributed by atoms with van der Waals surface area (Å²) in [6, 6.07) is 14.5. The van der Waals surface area contributed by atoms with Gasteiger partial charge in [-0.3, -0.25) is 9.59 Å². The molecule has 1 aliphatic carbocycles. The van der Waals surface area contributed by atoms with E-state index in [1.54, 1.807) is 18.2 Å². The van der Waals surface area contributed by atoms with Gasteiger partial charge in [-0.2, -0.15) is 0 Å². The van der Waals surface area contributed by atoms with Crippen LogP contribution in [0.5, 0.6) is 0 Å². The Labute approximate surface area is 211 Å². The van der Waals surface area contributed by atoms with Gasteiger partial charge < -0.3 is 9.72 Å². The van der Waals surface area contributed by atoms with E-state index in [9.17, 15) is 18.0 Å². The van der Waals surface area contributed by atoms with E-state index in [4.69, 9.17) is 4.74 Å². The molecule has 2 aliphatic rings. The number of imidazole rings is 1. The van der Waals surface area contributed by atoms with Crippen LogP contribution in [0.1, 0.15) is 69.4 Å². The van der Waals surface area contributed by atoms with E-state index >= 15 is 0 Å². The second kappa shape index (κ2) is 9.47. The Balaban J connectivity index is 1.44. The highest BCUT2D eigenvalue weighted by Crippen LogP contribution is 2.51. The number of hydrogen-bond donors (Lipinski definition) is 1. The van der Waals surface area contributed by atoms with Crippen LogP contribution < -0.4 is 0 Å². The summed E-state index contributed by atoms with van der Waals surface area (Å²) in [5.41, 5.74) is 1.67. The monoisotopic (exact) mass is 508 g/mol. The Morgan fingerprint density at radius 3 is 2.44 bits per heavy atom. The minimum Gasteiger partial charge on any atom is -0.450 e. The normalized spacial score (nSPS) is 20.6. The third kappa shape index (κ3) is 4.47. The fraction of sp³-hybridized carbons (Fsp3) is 0.464. The lowest BCUT2D eigenvalue weighted by Gasteiger charge is -2.26. The highest BCUT2D eigenvalue weighted by Gasteiger charge is 2.58. The quantitative estimate of drug-likeness (QED) is 0.301. The van der Waals surface area contributed by atoms with Crippen LogP contribution in [0.3, 0.4) is 0 Å². The van der Waals surface area contributed by atoms with E-state index in [0.29, 0.717) is 29.4 Å². The standard InChI is InChI=1S/C28H32N2O5S/c1-3-14-28(15-4-2)25(31)24(26(32)35-28)23(19-12-13-19)20-9-7-8-18(16-20)17-36(33,34)27-29-21-10-5-6-11-22(21)30-27/h5-11,16,19,23-24H,3-4,12-15,17H2,1-2H3,(H,29,30). The Morgan fingerprint density at radius 1 is 1.06 bits per heavy atom. The number of hydrogen-bond acceptors (Lipinski definition) is 6. The predicted molar refractivity (Wildman–Crippen MR) is 136 cm³/mol. The number of nitrogens with zero attached hydrogens (tertiary/aromatic N) is 1. The van der Waals surface area contributed by atoms with E-state index in [0.717, 1.165) is 31.2 Å². The first-order valence-corrected chi connectivity index (χ1v) is 14.5. The molecule has 0 spiro atoms. The lowest BCUT2D eigenvalue weighted by molar-refractivity contribution is -0.154. The lowest BCUT2D eigenvalue weighted by atomic mass is 9.75. The van der Waals surface area contributed by atoms with Gasteiger partial charge in [-0.1, -0.05) is 63.1 Å². The number of ether oxygens (including phenoxy) is 1. The van der Waals surface area contributed by atoms with Gasteiger partial charge in [0.1, 0.15) is 5.92 Å². The van der Waals surface area contributed by atoms with Crippen LogP contribution in [0.15, 0.2) is 53.7 Å². The van der Waals surface area contributed by atoms with E-state index in [1.165, 1.54) is 0 Å². The molecule has 0 radical (unpaired) electrons. The maximum atomic E-state index is 13.7. The van der Waals surface area contributed by atoms with Crippen LogP contribution >= 0.6 is 0 Å². The number of sulfone groups is 1. The Kier molecular flexibility index (Phi) is 6.49. The van der Waals surface area contributed by atoms with Gasteiger partial charge in [0.15, 0.2) is 11.4 Å². The first-order valence-electron chi connectivity index (χ1n) is 12.8. The minimum atomic E-state index is -3.72. The number of benzene rings is 2. The number of ketones is 1. The number of para-hydroxylation sites is 2. The summed E-state index contributed by atoms with van der Waals surface area (Å²) >= 11 is 0. The predicted octanol–water partition coefficient (Wildman–Crippen LogP) is 5.11. The van der Waals surface area contributed by atoms with E-state index in [-0.39, 0.29) is 28.5 Å². The molecule has 0 bridgehead atoms. The van der Waals surface area contributed by atoms with Gasteiger partial charge in [0.2, 0.25) is 15.0 Å². The number of fused-ring (bicyclic) bond motifs is 1. The molecule has 2 fully saturated rings. The molecule has 5 rings (SSSR count). The third-order valence-corrected chi connectivity index (χ3v) is 8.93. The third-order valence-electron chi connectivity index (χ3n) is 7.43. The zero-order valence-electron chi connectivity index (χ0n) is 20.7. The van der Waals surface area contributed by atoms with Crippen LogP contribution in [0.4, 0.5) is 0 Å². The molecule has 2 unspecified atom stereocenters. The van der Waals surface area contributed by atoms with Gasteiger partial charge in [0.25, 0.3) is 0 Å². The number of H-pyrrole nitrogens is 1. The summed E-state index contributed by atoms with van der Waals surface area (Å²) < 4.78 is 32.2. The number of carbonyl (C=O) groups excluding carboxylic acids is 2. The average Bonchev–Trinajstić information content (AvgIpc) is 3.52. The highest BCUT2D eigenvalue weighted by atomic mass is 32.2. The maximum Gasteiger partial charge on any atom is 0.318 e. The summed E-state index contributed by atoms with van der Waals surface area (Å²) in [5.74, 6) is -1.68. The molecule has 1 N–H and O–H groups in total. The molecule has 2 atom stereocenters. The fourth-order valence-corrected chi connectivity index (χ4v) is 6.99. The first kappa shape index (κ1) is 24.7. The number of esters is 1. The van der Waals surface area contributed by atoms with Crippen LogP contribution in [-0.4, -0.2) is 35.7 Å². The molecule has 1 saturated heterocycles. The number of aromatic nitrogens is 2. The Morgan fingerprint density at radius 2 is 1.78 bits per heavy atom. The van der Waals surface area contributed by atoms with E-state index in [2.05, 4.69) is 9.97 Å². The molecule has 0 amide bonds. The summed E-state index contributed by atoms with van der Waals surface area (Å²) in [6.45, 7) is 3.99. The van der Waals surface area contributed by atoms with Gasteiger partial charge >= 0.3 is 5.97 Å². The number of carbonyl (C=O) groups is 2. The molecule has 3 aromatic rings. The summed E-state index contributed by atoms with van der Waals surface area (Å²) in [4.78, 5) is 34.0. The second-order valence-electron chi connectivity index (χ2n) is 10.2. The van der Waals surface area contributed by atoms with Crippen molar-refractivity contribution in [3.8, 4) is 0 Å². The lowest BCUT2D eigenvalue weighted by Crippen LogP contribution is -2.38. The smallest absolute Gasteiger partial charge is 0.318 e. The first-order chi connectivity index (χ1) is 17.3. The van der Waals surface area contributed by atoms with Gasteiger partial charge in [0.05, 0.1) is 16.8 Å². The number of rotatable bonds is 10. The zero-order valence-corrected chi connectivity index (χ0v) is 21.5. The minimum absolute atomic E-state index is 0.0636. The molecule has 36 heavy (non-hydrogen) atoms. The van der Waals surface area contributed by atoms with Crippen molar-refractivity contribution in [2.24, 2.45) is 11.8 Å². The van der Waals surface area contributed by atoms with Crippen LogP contribution in [0.2, 0.25) is 0 Å². The number of aromatic amines is 1. The van der Waals surface area contributed by atoms with Crippen molar-refractivity contribution in [1.29, 1.82) is 0 Å². The molecule has 1 saturated carbocycles. The van der Waals surface area contributed by atoms with Gasteiger partial charge in [-0.15, -0.1) is 0 Å². The number of nitrogens with one attached hydrogen (secondary N) is 1. The van der Waals surface area contributed by atoms with Crippen molar-refractivity contribution in [1.82, 2.24) is 9.97 Å². The number of Topliss-reactive ketones (excluding diaryl/α,β-unsaturated/α-hetero) is 1. The SMILES string of the molecule is CCCC1(CCC)OC(=O)C(C(c2cccc(CS(=O)(=O)c3nc4ccccc4[nH]3)c2)C2CC2)C1=O. The van der Waals surface area contributed by atoms with E-state index < -0.39 is 27.3 Å². The average molecular weight is 509 g/mol. The molecule has 2 heterocycles. The van der Waals surface area contributed by atoms with Crippen LogP contribution in [0.25, 0.3) is 11.0 Å². The van der Waals surface area contributed by atoms with Gasteiger partial charge in [0, 0.05) is 5.92 Å². The van der Waals surface area contributed by atoms with Crippen molar-refractivity contribution >= 4 is 32.6 Å². The molecule has 7 nitrogen and oxygen atoms in total. The second-order valence-corrected chi connectivity index (χ2v) is 12.1. The summed E-state index contributed by atoms with van der Waals surface area (Å²) in [5, 5.41) is -0.0636. The van der Waals surface area contributed by atoms with Crippen LogP contribution in [0, 0.1) is 11.8 Å². The molecular weight excluding hydrogens is 476 g/mol. The topological polar surface area (TPSA) is 106 Å². The van der Waals surface area contributed by atoms with Crippen molar-refractivity contribution in [2.75, 3.05) is 0 Å². The zero-order chi connectivity index (χ0) is 25.5. The Hall–Kier alpha value is -3.00. The summed E-state index contributed by atoms with van der Waals surface area (Å²) in [6.07, 6.45) is 4.48. The summed E-state index contributed by atoms with van der Waals surface area (Å²) in [7, 11) is -3.72. The molecular formula is C28H32N2O5S. The van der Waals surface area contributed by atoms with Crippen molar-refractivity contribution < 1.29 is 22.7 Å². The number of cyclic esters (lactones) is 1. The van der Waals surface area contributed by atoms with Gasteiger partial charge in [-0.25, -0.2) is 13.4 Å². The van der Waals surface area contributed by atoms with Gasteiger partial charge in [-0.05, 0) is 54.9 Å².